The highest BCUT2D eigenvalue weighted by Gasteiger charge is 2.64. The molecule has 3 aliphatic heterocycles. The number of nitrogens with zero attached hydrogens (tertiary/aromatic N) is 3. The molecule has 6 heteroatoms. The molecule has 6 nitrogen and oxygen atoms in total. The fraction of sp³-hybridized carbons (Fsp3) is 0.667. The van der Waals surface area contributed by atoms with Crippen molar-refractivity contribution in [3.63, 3.8) is 0 Å². The van der Waals surface area contributed by atoms with E-state index in [2.05, 4.69) is 11.8 Å². The number of carbonyl (C=O) groups is 2. The van der Waals surface area contributed by atoms with E-state index < -0.39 is 0 Å². The predicted molar refractivity (Wildman–Crippen MR) is 116 cm³/mol. The summed E-state index contributed by atoms with van der Waals surface area (Å²) in [7, 11) is 3.66. The lowest BCUT2D eigenvalue weighted by molar-refractivity contribution is -0.141. The first-order chi connectivity index (χ1) is 14.4. The SMILES string of the molecule is CCc1ccc(C(=O)N2CCC3(CC2)CN(CCOC)CC32CCN(C)C2=O)cc1. The maximum Gasteiger partial charge on any atom is 0.253 e. The van der Waals surface area contributed by atoms with Crippen molar-refractivity contribution in [2.45, 2.75) is 32.6 Å². The lowest BCUT2D eigenvalue weighted by Gasteiger charge is -2.47. The van der Waals surface area contributed by atoms with Crippen molar-refractivity contribution in [3.8, 4) is 0 Å². The van der Waals surface area contributed by atoms with Gasteiger partial charge in [-0.15, -0.1) is 0 Å². The summed E-state index contributed by atoms with van der Waals surface area (Å²) in [5, 5.41) is 0. The Balaban J connectivity index is 1.50. The molecule has 0 saturated carbocycles. The van der Waals surface area contributed by atoms with E-state index in [4.69, 9.17) is 4.74 Å². The largest absolute Gasteiger partial charge is 0.383 e. The minimum Gasteiger partial charge on any atom is -0.383 e. The van der Waals surface area contributed by atoms with Gasteiger partial charge in [-0.1, -0.05) is 19.1 Å². The maximum absolute atomic E-state index is 13.3. The molecule has 0 aromatic heterocycles. The first-order valence-electron chi connectivity index (χ1n) is 11.3. The Labute approximate surface area is 180 Å². The van der Waals surface area contributed by atoms with Crippen molar-refractivity contribution in [3.05, 3.63) is 35.4 Å². The second-order valence-electron chi connectivity index (χ2n) is 9.39. The van der Waals surface area contributed by atoms with Gasteiger partial charge in [-0.05, 0) is 43.4 Å². The second-order valence-corrected chi connectivity index (χ2v) is 9.39. The van der Waals surface area contributed by atoms with Gasteiger partial charge >= 0.3 is 0 Å². The van der Waals surface area contributed by atoms with Crippen LogP contribution in [0.15, 0.2) is 24.3 Å². The topological polar surface area (TPSA) is 53.1 Å². The molecule has 0 radical (unpaired) electrons. The van der Waals surface area contributed by atoms with Crippen LogP contribution >= 0.6 is 0 Å². The molecule has 2 amide bonds. The lowest BCUT2D eigenvalue weighted by atomic mass is 9.60. The molecule has 3 fully saturated rings. The van der Waals surface area contributed by atoms with E-state index in [1.54, 1.807) is 7.11 Å². The van der Waals surface area contributed by atoms with Crippen molar-refractivity contribution >= 4 is 11.8 Å². The van der Waals surface area contributed by atoms with Gasteiger partial charge in [0.2, 0.25) is 5.91 Å². The van der Waals surface area contributed by atoms with Gasteiger partial charge in [0.15, 0.2) is 0 Å². The molecule has 0 bridgehead atoms. The Hall–Kier alpha value is -1.92. The Bertz CT molecular complexity index is 785. The van der Waals surface area contributed by atoms with Gasteiger partial charge in [0.25, 0.3) is 5.91 Å². The van der Waals surface area contributed by atoms with E-state index in [0.717, 1.165) is 70.5 Å². The van der Waals surface area contributed by atoms with Crippen LogP contribution < -0.4 is 0 Å². The fourth-order valence-corrected chi connectivity index (χ4v) is 5.97. The molecule has 2 spiro atoms. The van der Waals surface area contributed by atoms with Crippen LogP contribution in [0, 0.1) is 10.8 Å². The van der Waals surface area contributed by atoms with Gasteiger partial charge in [0.05, 0.1) is 12.0 Å². The van der Waals surface area contributed by atoms with Crippen molar-refractivity contribution in [1.29, 1.82) is 0 Å². The molecular weight excluding hydrogens is 378 g/mol. The Morgan fingerprint density at radius 1 is 1.07 bits per heavy atom. The van der Waals surface area contributed by atoms with Gasteiger partial charge in [-0.2, -0.15) is 0 Å². The van der Waals surface area contributed by atoms with Gasteiger partial charge in [0.1, 0.15) is 0 Å². The monoisotopic (exact) mass is 413 g/mol. The van der Waals surface area contributed by atoms with Crippen molar-refractivity contribution in [2.24, 2.45) is 10.8 Å². The minimum atomic E-state index is -0.298. The summed E-state index contributed by atoms with van der Waals surface area (Å²) in [5.41, 5.74) is 1.68. The van der Waals surface area contributed by atoms with Crippen molar-refractivity contribution < 1.29 is 14.3 Å². The molecule has 3 heterocycles. The van der Waals surface area contributed by atoms with Crippen LogP contribution in [0.2, 0.25) is 0 Å². The molecule has 3 aliphatic rings. The van der Waals surface area contributed by atoms with E-state index in [9.17, 15) is 9.59 Å². The number of fused-ring (bicyclic) bond motifs is 1. The summed E-state index contributed by atoms with van der Waals surface area (Å²) in [5.74, 6) is 0.419. The smallest absolute Gasteiger partial charge is 0.253 e. The lowest BCUT2D eigenvalue weighted by Crippen LogP contribution is -2.53. The molecule has 0 aliphatic carbocycles. The van der Waals surface area contributed by atoms with Crippen LogP contribution in [0.4, 0.5) is 0 Å². The van der Waals surface area contributed by atoms with Gasteiger partial charge in [0, 0.05) is 64.4 Å². The zero-order chi connectivity index (χ0) is 21.4. The predicted octanol–water partition coefficient (Wildman–Crippen LogP) is 2.28. The van der Waals surface area contributed by atoms with E-state index >= 15 is 0 Å². The summed E-state index contributed by atoms with van der Waals surface area (Å²) < 4.78 is 5.30. The summed E-state index contributed by atoms with van der Waals surface area (Å²) >= 11 is 0. The third-order valence-electron chi connectivity index (χ3n) is 7.89. The standard InChI is InChI=1S/C24H35N3O3/c1-4-19-5-7-20(8-6-19)21(28)27-13-9-23(10-14-27)17-26(15-16-30-3)18-24(23)11-12-25(2)22(24)29/h5-8H,4,9-18H2,1-3H3. The zero-order valence-corrected chi connectivity index (χ0v) is 18.7. The molecule has 1 unspecified atom stereocenters. The average Bonchev–Trinajstić information content (AvgIpc) is 3.24. The third kappa shape index (κ3) is 3.44. The quantitative estimate of drug-likeness (QED) is 0.743. The molecule has 3 saturated heterocycles. The van der Waals surface area contributed by atoms with Crippen LogP contribution in [0.1, 0.15) is 42.1 Å². The average molecular weight is 414 g/mol. The van der Waals surface area contributed by atoms with Crippen LogP contribution in [-0.4, -0.2) is 86.5 Å². The van der Waals surface area contributed by atoms with Crippen molar-refractivity contribution in [2.75, 3.05) is 60.0 Å². The highest BCUT2D eigenvalue weighted by Crippen LogP contribution is 2.57. The minimum absolute atomic E-state index is 0.0363. The zero-order valence-electron chi connectivity index (χ0n) is 18.7. The normalized spacial score (nSPS) is 26.3. The van der Waals surface area contributed by atoms with E-state index in [1.165, 1.54) is 5.56 Å². The molecule has 0 N–H and O–H groups in total. The second kappa shape index (κ2) is 8.31. The van der Waals surface area contributed by atoms with E-state index in [0.29, 0.717) is 12.5 Å². The first-order valence-corrected chi connectivity index (χ1v) is 11.3. The number of hydrogen-bond acceptors (Lipinski definition) is 4. The Morgan fingerprint density at radius 3 is 2.33 bits per heavy atom. The number of carbonyl (C=O) groups excluding carboxylic acids is 2. The molecule has 30 heavy (non-hydrogen) atoms. The molecular formula is C24H35N3O3. The summed E-state index contributed by atoms with van der Waals surface area (Å²) in [6.07, 6.45) is 3.70. The number of aryl methyl sites for hydroxylation is 1. The van der Waals surface area contributed by atoms with Crippen LogP contribution in [0.5, 0.6) is 0 Å². The number of amides is 2. The number of hydrogen-bond donors (Lipinski definition) is 0. The first kappa shape index (κ1) is 21.3. The van der Waals surface area contributed by atoms with Crippen LogP contribution in [0.25, 0.3) is 0 Å². The number of methoxy groups -OCH3 is 1. The molecule has 1 aromatic carbocycles. The summed E-state index contributed by atoms with van der Waals surface area (Å²) in [6.45, 7) is 7.73. The number of ether oxygens (including phenoxy) is 1. The molecule has 4 rings (SSSR count). The van der Waals surface area contributed by atoms with Gasteiger partial charge < -0.3 is 14.5 Å². The molecule has 1 atom stereocenters. The summed E-state index contributed by atoms with van der Waals surface area (Å²) in [6, 6.07) is 7.99. The van der Waals surface area contributed by atoms with Crippen LogP contribution in [0.3, 0.4) is 0 Å². The summed E-state index contributed by atoms with van der Waals surface area (Å²) in [4.78, 5) is 32.7. The van der Waals surface area contributed by atoms with E-state index in [1.807, 2.05) is 41.1 Å². The highest BCUT2D eigenvalue weighted by atomic mass is 16.5. The van der Waals surface area contributed by atoms with Crippen LogP contribution in [-0.2, 0) is 16.0 Å². The number of likely N-dealkylation sites (tertiary alicyclic amines) is 3. The third-order valence-corrected chi connectivity index (χ3v) is 7.89. The number of rotatable bonds is 5. The Kier molecular flexibility index (Phi) is 5.90. The number of piperidine rings is 1. The molecule has 1 aromatic rings. The van der Waals surface area contributed by atoms with Crippen molar-refractivity contribution in [1.82, 2.24) is 14.7 Å². The van der Waals surface area contributed by atoms with E-state index in [-0.39, 0.29) is 16.7 Å². The maximum atomic E-state index is 13.3. The molecule has 164 valence electrons. The van der Waals surface area contributed by atoms with Gasteiger partial charge in [-0.25, -0.2) is 0 Å². The van der Waals surface area contributed by atoms with Gasteiger partial charge in [-0.3, -0.25) is 14.5 Å². The Morgan fingerprint density at radius 2 is 1.77 bits per heavy atom. The number of benzene rings is 1. The fourth-order valence-electron chi connectivity index (χ4n) is 5.97. The highest BCUT2D eigenvalue weighted by molar-refractivity contribution is 5.94.